The third-order valence-electron chi connectivity index (χ3n) is 6.66. The second kappa shape index (κ2) is 12.7. The van der Waals surface area contributed by atoms with Gasteiger partial charge in [0.2, 0.25) is 5.95 Å². The number of hydrogen-bond acceptors (Lipinski definition) is 9. The van der Waals surface area contributed by atoms with Crippen LogP contribution in [0.5, 0.6) is 5.75 Å². The van der Waals surface area contributed by atoms with Crippen molar-refractivity contribution in [2.75, 3.05) is 36.5 Å². The normalized spacial score (nSPS) is 15.9. The summed E-state index contributed by atoms with van der Waals surface area (Å²) in [5, 5.41) is 15.1. The van der Waals surface area contributed by atoms with E-state index < -0.39 is 0 Å². The van der Waals surface area contributed by atoms with Gasteiger partial charge in [-0.05, 0) is 88.5 Å². The minimum atomic E-state index is 0.00796. The molecule has 0 amide bonds. The molecule has 39 heavy (non-hydrogen) atoms. The number of benzene rings is 2. The lowest BCUT2D eigenvalue weighted by Crippen LogP contribution is -2.31. The summed E-state index contributed by atoms with van der Waals surface area (Å²) in [6, 6.07) is 12.4. The molecule has 1 aliphatic rings. The number of para-hydroxylation sites is 1. The van der Waals surface area contributed by atoms with Crippen molar-refractivity contribution in [2.24, 2.45) is 0 Å². The summed E-state index contributed by atoms with van der Waals surface area (Å²) in [6.07, 6.45) is 3.57. The Morgan fingerprint density at radius 2 is 1.90 bits per heavy atom. The molecule has 1 aromatic heterocycles. The fourth-order valence-electron chi connectivity index (χ4n) is 4.97. The van der Waals surface area contributed by atoms with Gasteiger partial charge in [0, 0.05) is 22.9 Å². The third-order valence-corrected chi connectivity index (χ3v) is 7.75. The Morgan fingerprint density at radius 3 is 2.59 bits per heavy atom. The highest BCUT2D eigenvalue weighted by molar-refractivity contribution is 8.00. The van der Waals surface area contributed by atoms with Gasteiger partial charge in [-0.25, -0.2) is 0 Å². The second-order valence-electron chi connectivity index (χ2n) is 10.7. The zero-order chi connectivity index (χ0) is 28.1. The highest BCUT2D eigenvalue weighted by Crippen LogP contribution is 2.38. The predicted octanol–water partition coefficient (Wildman–Crippen LogP) is 6.95. The molecule has 1 saturated heterocycles. The first kappa shape index (κ1) is 28.7. The number of aryl methyl sites for hydroxylation is 1. The van der Waals surface area contributed by atoms with Crippen molar-refractivity contribution < 1.29 is 4.74 Å². The van der Waals surface area contributed by atoms with Crippen molar-refractivity contribution >= 4 is 46.9 Å². The molecule has 208 valence electrons. The Kier molecular flexibility index (Phi) is 9.35. The van der Waals surface area contributed by atoms with Crippen molar-refractivity contribution in [1.29, 1.82) is 5.41 Å². The number of nitrogens with two attached hydrogens (primary N) is 1. The lowest BCUT2D eigenvalue weighted by Gasteiger charge is -2.31. The number of aromatic nitrogens is 2. The van der Waals surface area contributed by atoms with Crippen LogP contribution in [-0.2, 0) is 0 Å². The first-order valence-electron chi connectivity index (χ1n) is 13.6. The van der Waals surface area contributed by atoms with Crippen molar-refractivity contribution in [3.63, 3.8) is 0 Å². The van der Waals surface area contributed by atoms with Gasteiger partial charge in [0.25, 0.3) is 0 Å². The Balaban J connectivity index is 1.69. The van der Waals surface area contributed by atoms with E-state index in [1.165, 1.54) is 30.2 Å². The van der Waals surface area contributed by atoms with Gasteiger partial charge >= 0.3 is 0 Å². The van der Waals surface area contributed by atoms with Crippen molar-refractivity contribution in [1.82, 2.24) is 14.9 Å². The molecule has 8 nitrogen and oxygen atoms in total. The maximum Gasteiger partial charge on any atom is 0.231 e. The van der Waals surface area contributed by atoms with Gasteiger partial charge in [0.15, 0.2) is 0 Å². The predicted molar refractivity (Wildman–Crippen MR) is 165 cm³/mol. The number of rotatable bonds is 10. The van der Waals surface area contributed by atoms with Crippen LogP contribution < -0.4 is 21.1 Å². The maximum atomic E-state index is 7.95. The molecule has 0 radical (unpaired) electrons. The summed E-state index contributed by atoms with van der Waals surface area (Å²) < 4.78 is 6.27. The summed E-state index contributed by atoms with van der Waals surface area (Å²) in [5.74, 6) is 2.29. The zero-order valence-corrected chi connectivity index (χ0v) is 24.7. The summed E-state index contributed by atoms with van der Waals surface area (Å²) in [4.78, 5) is 12.7. The summed E-state index contributed by atoms with van der Waals surface area (Å²) in [6.45, 7) is 12.7. The van der Waals surface area contributed by atoms with Crippen LogP contribution in [0.4, 0.5) is 29.0 Å². The molecule has 1 atom stereocenters. The second-order valence-corrected chi connectivity index (χ2v) is 12.3. The average molecular weight is 548 g/mol. The molecule has 0 saturated carbocycles. The summed E-state index contributed by atoms with van der Waals surface area (Å²) >= 11 is 1.76. The molecule has 3 aromatic rings. The average Bonchev–Trinajstić information content (AvgIpc) is 2.86. The quantitative estimate of drug-likeness (QED) is 0.159. The molecule has 2 aromatic carbocycles. The lowest BCUT2D eigenvalue weighted by molar-refractivity contribution is 0.239. The SMILES string of the molecule is Cc1cc(Nc2nc(N)c(C=N)c(Nc3ccccc3SC(C)C)n2)c(OC(C)C)cc1C1CCCN(C)C1. The minimum Gasteiger partial charge on any atom is -0.489 e. The Hall–Kier alpha value is -3.30. The van der Waals surface area contributed by atoms with E-state index in [1.54, 1.807) is 11.8 Å². The Labute approximate surface area is 236 Å². The smallest absolute Gasteiger partial charge is 0.231 e. The van der Waals surface area contributed by atoms with E-state index in [9.17, 15) is 0 Å². The molecule has 1 aliphatic heterocycles. The van der Waals surface area contributed by atoms with E-state index in [0.29, 0.717) is 28.5 Å². The number of likely N-dealkylation sites (tertiary alicyclic amines) is 1. The van der Waals surface area contributed by atoms with Crippen LogP contribution in [0, 0.1) is 12.3 Å². The monoisotopic (exact) mass is 547 g/mol. The molecule has 0 spiro atoms. The molecular formula is C30H41N7OS. The zero-order valence-electron chi connectivity index (χ0n) is 23.8. The molecule has 1 unspecified atom stereocenters. The van der Waals surface area contributed by atoms with Gasteiger partial charge < -0.3 is 31.4 Å². The molecule has 9 heteroatoms. The van der Waals surface area contributed by atoms with E-state index in [1.807, 2.05) is 32.0 Å². The van der Waals surface area contributed by atoms with Gasteiger partial charge in [-0.3, -0.25) is 0 Å². The van der Waals surface area contributed by atoms with Crippen molar-refractivity contribution in [3.8, 4) is 5.75 Å². The van der Waals surface area contributed by atoms with Crippen LogP contribution in [0.3, 0.4) is 0 Å². The molecule has 1 fully saturated rings. The van der Waals surface area contributed by atoms with Gasteiger partial charge in [0.05, 0.1) is 23.0 Å². The Bertz CT molecular complexity index is 1310. The van der Waals surface area contributed by atoms with E-state index in [0.717, 1.165) is 35.1 Å². The van der Waals surface area contributed by atoms with Crippen LogP contribution in [-0.4, -0.2) is 52.6 Å². The van der Waals surface area contributed by atoms with Crippen LogP contribution in [0.25, 0.3) is 0 Å². The highest BCUT2D eigenvalue weighted by atomic mass is 32.2. The number of anilines is 5. The van der Waals surface area contributed by atoms with Gasteiger partial charge in [0.1, 0.15) is 17.4 Å². The van der Waals surface area contributed by atoms with E-state index in [2.05, 4.69) is 66.5 Å². The summed E-state index contributed by atoms with van der Waals surface area (Å²) in [5.41, 5.74) is 11.0. The van der Waals surface area contributed by atoms with Crippen LogP contribution >= 0.6 is 11.8 Å². The number of nitrogens with zero attached hydrogens (tertiary/aromatic N) is 3. The largest absolute Gasteiger partial charge is 0.489 e. The first-order chi connectivity index (χ1) is 18.6. The van der Waals surface area contributed by atoms with Gasteiger partial charge in [-0.2, -0.15) is 9.97 Å². The summed E-state index contributed by atoms with van der Waals surface area (Å²) in [7, 11) is 2.19. The number of nitrogens with one attached hydrogen (secondary N) is 3. The van der Waals surface area contributed by atoms with Crippen LogP contribution in [0.2, 0.25) is 0 Å². The number of ether oxygens (including phenoxy) is 1. The highest BCUT2D eigenvalue weighted by Gasteiger charge is 2.23. The topological polar surface area (TPSA) is 112 Å². The number of thioether (sulfide) groups is 1. The Morgan fingerprint density at radius 1 is 1.13 bits per heavy atom. The van der Waals surface area contributed by atoms with Crippen LogP contribution in [0.1, 0.15) is 63.1 Å². The molecule has 2 heterocycles. The van der Waals surface area contributed by atoms with E-state index in [-0.39, 0.29) is 11.9 Å². The molecular weight excluding hydrogens is 506 g/mol. The first-order valence-corrected chi connectivity index (χ1v) is 14.5. The lowest BCUT2D eigenvalue weighted by atomic mass is 9.87. The number of piperidine rings is 1. The fraction of sp³-hybridized carbons (Fsp3) is 0.433. The van der Waals surface area contributed by atoms with Gasteiger partial charge in [-0.15, -0.1) is 11.8 Å². The maximum absolute atomic E-state index is 7.95. The minimum absolute atomic E-state index is 0.00796. The van der Waals surface area contributed by atoms with Crippen molar-refractivity contribution in [2.45, 2.75) is 69.6 Å². The van der Waals surface area contributed by atoms with Crippen LogP contribution in [0.15, 0.2) is 41.3 Å². The molecule has 5 N–H and O–H groups in total. The van der Waals surface area contributed by atoms with E-state index in [4.69, 9.17) is 20.9 Å². The van der Waals surface area contributed by atoms with Crippen molar-refractivity contribution in [3.05, 3.63) is 53.1 Å². The number of hydrogen-bond donors (Lipinski definition) is 4. The molecule has 0 bridgehead atoms. The third kappa shape index (κ3) is 7.22. The number of nitrogen functional groups attached to an aromatic ring is 1. The van der Waals surface area contributed by atoms with E-state index >= 15 is 0 Å². The fourth-order valence-corrected chi connectivity index (χ4v) is 5.88. The molecule has 0 aliphatic carbocycles. The number of likely N-dealkylation sites (N-methyl/N-ethyl adjacent to an activating group) is 1. The standard InChI is InChI=1S/C30H41N7OS/c1-18(2)38-26-15-22(21-10-9-13-37(6)17-21)20(5)14-25(26)34-30-35-28(32)23(16-31)29(36-30)33-24-11-7-8-12-27(24)39-19(3)4/h7-8,11-12,14-16,18-19,21,31H,9-10,13,17H2,1-6H3,(H4,32,33,34,35,36). The van der Waals surface area contributed by atoms with Gasteiger partial charge in [-0.1, -0.05) is 26.0 Å². The molecule has 4 rings (SSSR count).